The van der Waals surface area contributed by atoms with Gasteiger partial charge in [-0.25, -0.2) is 0 Å². The van der Waals surface area contributed by atoms with Gasteiger partial charge in [0.15, 0.2) is 0 Å². The number of allylic oxidation sites excluding steroid dienone is 1. The van der Waals surface area contributed by atoms with Crippen LogP contribution in [0.4, 0.5) is 0 Å². The number of ether oxygens (including phenoxy) is 2. The Morgan fingerprint density at radius 2 is 1.67 bits per heavy atom. The number of benzene rings is 2. The van der Waals surface area contributed by atoms with Crippen LogP contribution in [0.25, 0.3) is 0 Å². The Labute approximate surface area is 202 Å². The molecule has 5 nitrogen and oxygen atoms in total. The first-order valence-corrected chi connectivity index (χ1v) is 11.6. The number of halogens is 1. The molecule has 2 aromatic rings. The van der Waals surface area contributed by atoms with Gasteiger partial charge >= 0.3 is 0 Å². The molecule has 2 aromatic carbocycles. The van der Waals surface area contributed by atoms with Gasteiger partial charge in [-0.3, -0.25) is 0 Å². The molecule has 33 heavy (non-hydrogen) atoms. The minimum absolute atomic E-state index is 0.145. The van der Waals surface area contributed by atoms with E-state index in [2.05, 4.69) is 26.5 Å². The summed E-state index contributed by atoms with van der Waals surface area (Å²) in [6, 6.07) is 14.1. The van der Waals surface area contributed by atoms with Crippen LogP contribution in [-0.4, -0.2) is 53.0 Å². The number of rotatable bonds is 13. The van der Waals surface area contributed by atoms with Gasteiger partial charge in [0.25, 0.3) is 0 Å². The van der Waals surface area contributed by atoms with Gasteiger partial charge in [0, 0.05) is 5.41 Å². The zero-order valence-electron chi connectivity index (χ0n) is 20.0. The summed E-state index contributed by atoms with van der Waals surface area (Å²) in [4.78, 5) is 1.82. The summed E-state index contributed by atoms with van der Waals surface area (Å²) in [5.74, 6) is 1.60. The predicted octanol–water partition coefficient (Wildman–Crippen LogP) is 5.02. The maximum absolute atomic E-state index is 10.2. The van der Waals surface area contributed by atoms with Crippen molar-refractivity contribution >= 4 is 11.6 Å². The Balaban J connectivity index is 2.02. The summed E-state index contributed by atoms with van der Waals surface area (Å²) in [6.45, 7) is 12.8. The zero-order valence-corrected chi connectivity index (χ0v) is 20.8. The quantitative estimate of drug-likeness (QED) is 0.400. The summed E-state index contributed by atoms with van der Waals surface area (Å²) in [5.41, 5.74) is 3.08. The van der Waals surface area contributed by atoms with Crippen LogP contribution in [0.3, 0.4) is 0 Å². The second-order valence-corrected chi connectivity index (χ2v) is 8.88. The minimum atomic E-state index is -0.682. The van der Waals surface area contributed by atoms with Gasteiger partial charge in [-0.1, -0.05) is 50.8 Å². The van der Waals surface area contributed by atoms with Crippen molar-refractivity contribution in [1.82, 2.24) is 4.90 Å². The lowest BCUT2D eigenvalue weighted by atomic mass is 9.77. The fourth-order valence-corrected chi connectivity index (χ4v) is 3.53. The van der Waals surface area contributed by atoms with E-state index in [0.29, 0.717) is 12.3 Å². The van der Waals surface area contributed by atoms with E-state index in [9.17, 15) is 10.2 Å². The monoisotopic (exact) mass is 473 g/mol. The van der Waals surface area contributed by atoms with Crippen LogP contribution in [-0.2, 0) is 5.41 Å². The molecule has 180 valence electrons. The summed E-state index contributed by atoms with van der Waals surface area (Å²) < 4.78 is 11.5. The lowest BCUT2D eigenvalue weighted by molar-refractivity contribution is 0.0912. The first-order chi connectivity index (χ1) is 15.7. The van der Waals surface area contributed by atoms with E-state index in [-0.39, 0.29) is 24.5 Å². The van der Waals surface area contributed by atoms with E-state index < -0.39 is 12.2 Å². The molecule has 2 rings (SSSR count). The first kappa shape index (κ1) is 26.8. The molecule has 6 heteroatoms. The highest BCUT2D eigenvalue weighted by molar-refractivity contribution is 6.18. The largest absolute Gasteiger partial charge is 0.491 e. The third-order valence-corrected chi connectivity index (χ3v) is 5.88. The summed E-state index contributed by atoms with van der Waals surface area (Å²) in [5, 5.41) is 19.8. The number of aryl methyl sites for hydroxylation is 1. The first-order valence-electron chi connectivity index (χ1n) is 11.1. The van der Waals surface area contributed by atoms with E-state index in [1.165, 1.54) is 0 Å². The predicted molar refractivity (Wildman–Crippen MR) is 135 cm³/mol. The average Bonchev–Trinajstić information content (AvgIpc) is 2.81. The van der Waals surface area contributed by atoms with Crippen molar-refractivity contribution in [2.24, 2.45) is 0 Å². The van der Waals surface area contributed by atoms with Crippen molar-refractivity contribution in [1.29, 1.82) is 0 Å². The molecule has 0 fully saturated rings. The van der Waals surface area contributed by atoms with Crippen molar-refractivity contribution in [3.63, 3.8) is 0 Å². The molecular weight excluding hydrogens is 438 g/mol. The molecule has 2 unspecified atom stereocenters. The molecule has 0 aliphatic carbocycles. The van der Waals surface area contributed by atoms with Crippen LogP contribution >= 0.6 is 11.6 Å². The number of nitrogens with zero attached hydrogens (tertiary/aromatic N) is 1. The van der Waals surface area contributed by atoms with Crippen LogP contribution in [0.1, 0.15) is 37.5 Å². The molecule has 0 amide bonds. The van der Waals surface area contributed by atoms with Crippen LogP contribution in [0, 0.1) is 6.92 Å². The Kier molecular flexibility index (Phi) is 10.3. The van der Waals surface area contributed by atoms with E-state index in [1.54, 1.807) is 6.20 Å². The molecular formula is C27H36ClNO4. The van der Waals surface area contributed by atoms with E-state index in [4.69, 9.17) is 21.1 Å². The fourth-order valence-electron chi connectivity index (χ4n) is 3.44. The smallest absolute Gasteiger partial charge is 0.122 e. The van der Waals surface area contributed by atoms with Crippen molar-refractivity contribution < 1.29 is 19.7 Å². The Morgan fingerprint density at radius 1 is 1.03 bits per heavy atom. The molecule has 0 radical (unpaired) electrons. The number of hydrogen-bond acceptors (Lipinski definition) is 5. The second kappa shape index (κ2) is 12.7. The van der Waals surface area contributed by atoms with Crippen molar-refractivity contribution in [2.75, 3.05) is 25.6 Å². The average molecular weight is 474 g/mol. The Morgan fingerprint density at radius 3 is 2.24 bits per heavy atom. The van der Waals surface area contributed by atoms with E-state index in [1.807, 2.05) is 67.4 Å². The lowest BCUT2D eigenvalue weighted by Gasteiger charge is -2.27. The standard InChI is InChI=1S/C27H36ClNO4/c1-6-14-29(7-2)17-24(31)19-32-25-11-8-21(9-12-25)27(4,5)22-10-13-26(20(3)15-22)33-18-23(30)16-28/h6-15,23-24,30-31H,2,16-19H2,1,3-5H3/b14-6-. The van der Waals surface area contributed by atoms with Crippen molar-refractivity contribution in [2.45, 2.75) is 45.3 Å². The van der Waals surface area contributed by atoms with Crippen LogP contribution in [0.15, 0.2) is 67.5 Å². The van der Waals surface area contributed by atoms with Gasteiger partial charge in [0.2, 0.25) is 0 Å². The van der Waals surface area contributed by atoms with E-state index >= 15 is 0 Å². The van der Waals surface area contributed by atoms with Crippen LogP contribution < -0.4 is 9.47 Å². The molecule has 0 saturated carbocycles. The topological polar surface area (TPSA) is 62.2 Å². The molecule has 0 bridgehead atoms. The minimum Gasteiger partial charge on any atom is -0.491 e. The fraction of sp³-hybridized carbons (Fsp3) is 0.407. The number of aliphatic hydroxyl groups excluding tert-OH is 2. The van der Waals surface area contributed by atoms with Gasteiger partial charge in [-0.2, -0.15) is 0 Å². The Bertz CT molecular complexity index is 911. The summed E-state index contributed by atoms with van der Waals surface area (Å²) in [7, 11) is 0. The number of hydrogen-bond donors (Lipinski definition) is 2. The van der Waals surface area contributed by atoms with Gasteiger partial charge < -0.3 is 24.6 Å². The van der Waals surface area contributed by atoms with Crippen molar-refractivity contribution in [3.8, 4) is 11.5 Å². The van der Waals surface area contributed by atoms with Gasteiger partial charge in [-0.15, -0.1) is 11.6 Å². The zero-order chi connectivity index (χ0) is 24.4. The highest BCUT2D eigenvalue weighted by Gasteiger charge is 2.24. The van der Waals surface area contributed by atoms with Crippen LogP contribution in [0.2, 0.25) is 0 Å². The molecule has 0 saturated heterocycles. The highest BCUT2D eigenvalue weighted by Crippen LogP contribution is 2.34. The Hall–Kier alpha value is -2.47. The van der Waals surface area contributed by atoms with Crippen LogP contribution in [0.5, 0.6) is 11.5 Å². The molecule has 0 spiro atoms. The SMILES string of the molecule is C=CN(/C=C\C)CC(O)COc1ccc(C(C)(C)c2ccc(OCC(O)CCl)c(C)c2)cc1. The molecule has 0 aliphatic heterocycles. The van der Waals surface area contributed by atoms with Gasteiger partial charge in [-0.05, 0) is 61.1 Å². The van der Waals surface area contributed by atoms with Gasteiger partial charge in [0.1, 0.15) is 36.9 Å². The molecule has 0 aromatic heterocycles. The number of alkyl halides is 1. The van der Waals surface area contributed by atoms with E-state index in [0.717, 1.165) is 22.4 Å². The lowest BCUT2D eigenvalue weighted by Crippen LogP contribution is -2.29. The molecule has 0 aliphatic rings. The maximum Gasteiger partial charge on any atom is 0.122 e. The highest BCUT2D eigenvalue weighted by atomic mass is 35.5. The normalized spacial score (nSPS) is 13.5. The number of aliphatic hydroxyl groups is 2. The third kappa shape index (κ3) is 7.81. The molecule has 0 heterocycles. The third-order valence-electron chi connectivity index (χ3n) is 5.52. The second-order valence-electron chi connectivity index (χ2n) is 8.58. The van der Waals surface area contributed by atoms with Crippen molar-refractivity contribution in [3.05, 3.63) is 84.2 Å². The molecule has 2 atom stereocenters. The maximum atomic E-state index is 10.2. The molecule has 2 N–H and O–H groups in total. The van der Waals surface area contributed by atoms with Gasteiger partial charge in [0.05, 0.1) is 12.4 Å². The summed E-state index contributed by atoms with van der Waals surface area (Å²) >= 11 is 5.64. The summed E-state index contributed by atoms with van der Waals surface area (Å²) in [6.07, 6.45) is 4.10.